The van der Waals surface area contributed by atoms with Gasteiger partial charge in [-0.3, -0.25) is 0 Å². The summed E-state index contributed by atoms with van der Waals surface area (Å²) in [6.45, 7) is 1.72. The minimum absolute atomic E-state index is 0.0991. The van der Waals surface area contributed by atoms with Crippen molar-refractivity contribution >= 4 is 0 Å². The van der Waals surface area contributed by atoms with Crippen molar-refractivity contribution < 1.29 is 9.50 Å². The topological polar surface area (TPSA) is 72.3 Å². The molecular weight excluding hydrogens is 171 g/mol. The minimum atomic E-state index is -0.445. The molecule has 4 heteroatoms. The van der Waals surface area contributed by atoms with E-state index in [-0.39, 0.29) is 17.9 Å². The summed E-state index contributed by atoms with van der Waals surface area (Å²) < 4.78 is 12.9. The Morgan fingerprint density at radius 1 is 1.54 bits per heavy atom. The van der Waals surface area contributed by atoms with Crippen LogP contribution in [0.5, 0.6) is 5.75 Å². The maximum Gasteiger partial charge on any atom is 0.129 e. The largest absolute Gasteiger partial charge is 0.507 e. The number of halogens is 1. The highest BCUT2D eigenvalue weighted by Gasteiger charge is 2.13. The second kappa shape index (κ2) is 3.72. The molecule has 3 nitrogen and oxygen atoms in total. The Morgan fingerprint density at radius 3 is 2.69 bits per heavy atom. The monoisotopic (exact) mass is 184 g/mol. The number of nitrogens with two attached hydrogens (primary N) is 2. The molecule has 0 spiro atoms. The van der Waals surface area contributed by atoms with Gasteiger partial charge in [-0.15, -0.1) is 0 Å². The highest BCUT2D eigenvalue weighted by atomic mass is 19.1. The van der Waals surface area contributed by atoms with Crippen LogP contribution < -0.4 is 11.5 Å². The summed E-state index contributed by atoms with van der Waals surface area (Å²) in [4.78, 5) is 0. The van der Waals surface area contributed by atoms with Crippen LogP contribution in [0.1, 0.15) is 17.2 Å². The third-order valence-corrected chi connectivity index (χ3v) is 2.05. The van der Waals surface area contributed by atoms with E-state index in [1.807, 2.05) is 0 Å². The zero-order valence-corrected chi connectivity index (χ0v) is 7.42. The van der Waals surface area contributed by atoms with Crippen LogP contribution in [0.15, 0.2) is 12.1 Å². The Hall–Kier alpha value is -1.13. The van der Waals surface area contributed by atoms with Gasteiger partial charge in [0, 0.05) is 23.7 Å². The van der Waals surface area contributed by atoms with Crippen LogP contribution in [0, 0.1) is 12.7 Å². The van der Waals surface area contributed by atoms with Gasteiger partial charge in [0.2, 0.25) is 0 Å². The first-order chi connectivity index (χ1) is 6.07. The molecule has 0 amide bonds. The van der Waals surface area contributed by atoms with Gasteiger partial charge in [-0.1, -0.05) is 6.07 Å². The van der Waals surface area contributed by atoms with Gasteiger partial charge < -0.3 is 16.6 Å². The van der Waals surface area contributed by atoms with E-state index in [0.29, 0.717) is 5.56 Å². The van der Waals surface area contributed by atoms with E-state index in [1.165, 1.54) is 19.1 Å². The second-order valence-electron chi connectivity index (χ2n) is 2.95. The molecule has 5 N–H and O–H groups in total. The minimum Gasteiger partial charge on any atom is -0.507 e. The molecule has 1 aromatic rings. The van der Waals surface area contributed by atoms with E-state index in [9.17, 15) is 9.50 Å². The number of rotatable bonds is 2. The predicted octanol–water partition coefficient (Wildman–Crippen LogP) is 0.798. The van der Waals surface area contributed by atoms with Crippen LogP contribution in [0.2, 0.25) is 0 Å². The molecule has 13 heavy (non-hydrogen) atoms. The molecule has 0 radical (unpaired) electrons. The highest BCUT2D eigenvalue weighted by molar-refractivity contribution is 5.42. The van der Waals surface area contributed by atoms with Gasteiger partial charge in [-0.2, -0.15) is 0 Å². The zero-order chi connectivity index (χ0) is 10.0. The van der Waals surface area contributed by atoms with Crippen LogP contribution >= 0.6 is 0 Å². The Morgan fingerprint density at radius 2 is 2.15 bits per heavy atom. The first-order valence-corrected chi connectivity index (χ1v) is 4.01. The summed E-state index contributed by atoms with van der Waals surface area (Å²) in [5.74, 6) is -0.538. The van der Waals surface area contributed by atoms with E-state index >= 15 is 0 Å². The van der Waals surface area contributed by atoms with Crippen molar-refractivity contribution in [3.05, 3.63) is 29.1 Å². The van der Waals surface area contributed by atoms with Crippen molar-refractivity contribution in [1.29, 1.82) is 0 Å². The summed E-state index contributed by atoms with van der Waals surface area (Å²) in [6, 6.07) is 2.29. The van der Waals surface area contributed by atoms with Crippen molar-refractivity contribution in [2.45, 2.75) is 13.0 Å². The van der Waals surface area contributed by atoms with Gasteiger partial charge in [0.25, 0.3) is 0 Å². The van der Waals surface area contributed by atoms with Crippen LogP contribution in [-0.2, 0) is 0 Å². The van der Waals surface area contributed by atoms with E-state index in [4.69, 9.17) is 11.5 Å². The fraction of sp³-hybridized carbons (Fsp3) is 0.333. The lowest BCUT2D eigenvalue weighted by atomic mass is 10.0. The number of phenols is 1. The molecule has 0 bridgehead atoms. The predicted molar refractivity (Wildman–Crippen MR) is 48.8 cm³/mol. The molecule has 1 rings (SSSR count). The maximum absolute atomic E-state index is 12.9. The van der Waals surface area contributed by atoms with Crippen molar-refractivity contribution in [1.82, 2.24) is 0 Å². The van der Waals surface area contributed by atoms with Crippen LogP contribution in [-0.4, -0.2) is 11.7 Å². The summed E-state index contributed by atoms with van der Waals surface area (Å²) in [5, 5.41) is 9.50. The molecule has 0 aliphatic heterocycles. The Kier molecular flexibility index (Phi) is 2.85. The van der Waals surface area contributed by atoms with Gasteiger partial charge in [-0.05, 0) is 13.0 Å². The molecule has 0 heterocycles. The first kappa shape index (κ1) is 9.95. The van der Waals surface area contributed by atoms with E-state index in [0.717, 1.165) is 0 Å². The Bertz CT molecular complexity index is 315. The first-order valence-electron chi connectivity index (χ1n) is 4.01. The molecule has 1 atom stereocenters. The number of aromatic hydroxyl groups is 1. The lowest BCUT2D eigenvalue weighted by Gasteiger charge is -2.12. The zero-order valence-electron chi connectivity index (χ0n) is 7.42. The van der Waals surface area contributed by atoms with Gasteiger partial charge >= 0.3 is 0 Å². The molecule has 0 saturated heterocycles. The van der Waals surface area contributed by atoms with Crippen molar-refractivity contribution in [2.75, 3.05) is 6.54 Å². The third-order valence-electron chi connectivity index (χ3n) is 2.05. The molecule has 0 fully saturated rings. The quantitative estimate of drug-likeness (QED) is 0.636. The van der Waals surface area contributed by atoms with Crippen molar-refractivity contribution in [3.63, 3.8) is 0 Å². The molecule has 1 unspecified atom stereocenters. The smallest absolute Gasteiger partial charge is 0.129 e. The summed E-state index contributed by atoms with van der Waals surface area (Å²) in [5.41, 5.74) is 11.6. The summed E-state index contributed by atoms with van der Waals surface area (Å²) >= 11 is 0. The van der Waals surface area contributed by atoms with Gasteiger partial charge in [-0.25, -0.2) is 4.39 Å². The number of hydrogen-bond acceptors (Lipinski definition) is 3. The molecule has 1 aromatic carbocycles. The fourth-order valence-electron chi connectivity index (χ4n) is 1.12. The Balaban J connectivity index is 3.18. The molecule has 0 saturated carbocycles. The van der Waals surface area contributed by atoms with Crippen LogP contribution in [0.4, 0.5) is 4.39 Å². The van der Waals surface area contributed by atoms with Gasteiger partial charge in [0.1, 0.15) is 11.6 Å². The molecule has 0 aliphatic carbocycles. The lowest BCUT2D eigenvalue weighted by Crippen LogP contribution is -2.21. The fourth-order valence-corrected chi connectivity index (χ4v) is 1.12. The third kappa shape index (κ3) is 1.79. The normalized spacial score (nSPS) is 12.9. The summed E-state index contributed by atoms with van der Waals surface area (Å²) in [6.07, 6.45) is 0. The standard InChI is InChI=1S/C9H13FN2O/c1-5-7(10)3-2-6(9(5)13)8(12)4-11/h2-3,8,13H,4,11-12H2,1H3. The number of hydrogen-bond donors (Lipinski definition) is 3. The SMILES string of the molecule is Cc1c(F)ccc(C(N)CN)c1O. The van der Waals surface area contributed by atoms with Crippen LogP contribution in [0.3, 0.4) is 0 Å². The maximum atomic E-state index is 12.9. The van der Waals surface area contributed by atoms with Crippen LogP contribution in [0.25, 0.3) is 0 Å². The lowest BCUT2D eigenvalue weighted by molar-refractivity contribution is 0.450. The van der Waals surface area contributed by atoms with E-state index in [1.54, 1.807) is 0 Å². The molecule has 0 aliphatic rings. The Labute approximate surface area is 76.2 Å². The molecule has 0 aromatic heterocycles. The van der Waals surface area contributed by atoms with Crippen molar-refractivity contribution in [2.24, 2.45) is 11.5 Å². The number of phenolic OH excluding ortho intramolecular Hbond substituents is 1. The van der Waals surface area contributed by atoms with E-state index in [2.05, 4.69) is 0 Å². The van der Waals surface area contributed by atoms with Crippen molar-refractivity contribution in [3.8, 4) is 5.75 Å². The molecule has 72 valence electrons. The molecular formula is C9H13FN2O. The van der Waals surface area contributed by atoms with Gasteiger partial charge in [0.15, 0.2) is 0 Å². The summed E-state index contributed by atoms with van der Waals surface area (Å²) in [7, 11) is 0. The van der Waals surface area contributed by atoms with E-state index < -0.39 is 11.9 Å². The average molecular weight is 184 g/mol. The van der Waals surface area contributed by atoms with Gasteiger partial charge in [0.05, 0.1) is 0 Å². The number of benzene rings is 1. The highest BCUT2D eigenvalue weighted by Crippen LogP contribution is 2.27. The second-order valence-corrected chi connectivity index (χ2v) is 2.95. The average Bonchev–Trinajstić information content (AvgIpc) is 2.13.